The molecular weight excluding hydrogens is 144 g/mol. The molecule has 0 spiro atoms. The summed E-state index contributed by atoms with van der Waals surface area (Å²) in [6.45, 7) is 4.06. The Balaban J connectivity index is 4.03. The summed E-state index contributed by atoms with van der Waals surface area (Å²) in [5, 5.41) is 0. The Labute approximate surface area is 67.0 Å². The van der Waals surface area contributed by atoms with E-state index in [1.54, 1.807) is 6.92 Å². The van der Waals surface area contributed by atoms with Gasteiger partial charge in [0.25, 0.3) is 0 Å². The molecule has 0 unspecified atom stereocenters. The number of hydrogen-bond acceptors (Lipinski definition) is 3. The third kappa shape index (κ3) is 3.65. The van der Waals surface area contributed by atoms with Crippen LogP contribution in [0.4, 0.5) is 0 Å². The summed E-state index contributed by atoms with van der Waals surface area (Å²) in [4.78, 5) is 11.0. The van der Waals surface area contributed by atoms with E-state index in [0.29, 0.717) is 18.6 Å². The zero-order valence-corrected chi connectivity index (χ0v) is 7.22. The molecule has 0 saturated carbocycles. The predicted molar refractivity (Wildman–Crippen MR) is 42.0 cm³/mol. The van der Waals surface area contributed by atoms with Crippen LogP contribution in [0.5, 0.6) is 0 Å². The molecule has 0 aromatic rings. The Morgan fingerprint density at radius 2 is 2.09 bits per heavy atom. The van der Waals surface area contributed by atoms with Gasteiger partial charge in [0.15, 0.2) is 0 Å². The zero-order valence-electron chi connectivity index (χ0n) is 7.22. The van der Waals surface area contributed by atoms with E-state index in [1.807, 2.05) is 6.92 Å². The molecule has 0 saturated heterocycles. The van der Waals surface area contributed by atoms with E-state index < -0.39 is 0 Å². The highest BCUT2D eigenvalue weighted by molar-refractivity contribution is 5.87. The topological polar surface area (TPSA) is 35.5 Å². The minimum absolute atomic E-state index is 0.295. The summed E-state index contributed by atoms with van der Waals surface area (Å²) >= 11 is 0. The minimum Gasteiger partial charge on any atom is -0.504 e. The van der Waals surface area contributed by atoms with Crippen LogP contribution in [-0.2, 0) is 14.3 Å². The summed E-state index contributed by atoms with van der Waals surface area (Å²) < 4.78 is 9.46. The summed E-state index contributed by atoms with van der Waals surface area (Å²) in [7, 11) is 1.51. The Hall–Kier alpha value is -0.990. The Morgan fingerprint density at radius 1 is 1.45 bits per heavy atom. The van der Waals surface area contributed by atoms with Crippen molar-refractivity contribution >= 4 is 5.97 Å². The number of hydrogen-bond donors (Lipinski definition) is 0. The lowest BCUT2D eigenvalue weighted by Gasteiger charge is -2.02. The number of methoxy groups -OCH3 is 1. The predicted octanol–water partition coefficient (Wildman–Crippen LogP) is 1.49. The number of esters is 1. The van der Waals surface area contributed by atoms with Gasteiger partial charge in [-0.2, -0.15) is 0 Å². The molecule has 0 aliphatic rings. The molecule has 0 amide bonds. The van der Waals surface area contributed by atoms with Gasteiger partial charge in [-0.15, -0.1) is 0 Å². The SMILES string of the molecule is CCOC(=O)/C(=C/OC)CC. The van der Waals surface area contributed by atoms with Crippen LogP contribution in [0.2, 0.25) is 0 Å². The maximum atomic E-state index is 11.0. The first-order valence-corrected chi connectivity index (χ1v) is 3.65. The van der Waals surface area contributed by atoms with Crippen molar-refractivity contribution in [2.75, 3.05) is 13.7 Å². The van der Waals surface area contributed by atoms with Crippen molar-refractivity contribution in [2.24, 2.45) is 0 Å². The van der Waals surface area contributed by atoms with Gasteiger partial charge in [-0.1, -0.05) is 6.92 Å². The third-order valence-electron chi connectivity index (χ3n) is 1.18. The van der Waals surface area contributed by atoms with E-state index in [-0.39, 0.29) is 5.97 Å². The van der Waals surface area contributed by atoms with E-state index in [4.69, 9.17) is 9.47 Å². The maximum absolute atomic E-state index is 11.0. The summed E-state index contributed by atoms with van der Waals surface area (Å²) in [5.74, 6) is -0.295. The molecule has 0 aliphatic carbocycles. The summed E-state index contributed by atoms with van der Waals surface area (Å²) in [6, 6.07) is 0. The van der Waals surface area contributed by atoms with Gasteiger partial charge in [0, 0.05) is 0 Å². The molecular formula is C8H14O3. The zero-order chi connectivity index (χ0) is 8.69. The molecule has 64 valence electrons. The number of ether oxygens (including phenoxy) is 2. The second-order valence-corrected chi connectivity index (χ2v) is 1.95. The molecule has 0 aliphatic heterocycles. The van der Waals surface area contributed by atoms with Gasteiger partial charge in [0.05, 0.1) is 25.6 Å². The van der Waals surface area contributed by atoms with Crippen LogP contribution in [0.1, 0.15) is 20.3 Å². The van der Waals surface area contributed by atoms with Crippen LogP contribution in [-0.4, -0.2) is 19.7 Å². The van der Waals surface area contributed by atoms with Crippen molar-refractivity contribution in [1.82, 2.24) is 0 Å². The van der Waals surface area contributed by atoms with Gasteiger partial charge < -0.3 is 9.47 Å². The van der Waals surface area contributed by atoms with E-state index in [2.05, 4.69) is 0 Å². The molecule has 0 bridgehead atoms. The molecule has 0 heterocycles. The fraction of sp³-hybridized carbons (Fsp3) is 0.625. The fourth-order valence-electron chi connectivity index (χ4n) is 0.642. The van der Waals surface area contributed by atoms with Crippen molar-refractivity contribution in [3.8, 4) is 0 Å². The lowest BCUT2D eigenvalue weighted by molar-refractivity contribution is -0.138. The van der Waals surface area contributed by atoms with Crippen LogP contribution in [0.25, 0.3) is 0 Å². The number of rotatable bonds is 4. The molecule has 3 nitrogen and oxygen atoms in total. The average molecular weight is 158 g/mol. The summed E-state index contributed by atoms with van der Waals surface area (Å²) in [5.41, 5.74) is 0.564. The largest absolute Gasteiger partial charge is 0.504 e. The molecule has 0 radical (unpaired) electrons. The van der Waals surface area contributed by atoms with E-state index >= 15 is 0 Å². The second-order valence-electron chi connectivity index (χ2n) is 1.95. The van der Waals surface area contributed by atoms with Crippen molar-refractivity contribution in [3.63, 3.8) is 0 Å². The fourth-order valence-corrected chi connectivity index (χ4v) is 0.642. The highest BCUT2D eigenvalue weighted by atomic mass is 16.5. The highest BCUT2D eigenvalue weighted by Crippen LogP contribution is 2.02. The molecule has 0 aromatic heterocycles. The summed E-state index contributed by atoms with van der Waals surface area (Å²) in [6.07, 6.45) is 2.05. The number of carbonyl (C=O) groups is 1. The van der Waals surface area contributed by atoms with Gasteiger partial charge in [-0.05, 0) is 13.3 Å². The quantitative estimate of drug-likeness (QED) is 0.353. The molecule has 0 N–H and O–H groups in total. The standard InChI is InChI=1S/C8H14O3/c1-4-7(6-10-3)8(9)11-5-2/h6H,4-5H2,1-3H3/b7-6+. The van der Waals surface area contributed by atoms with E-state index in [9.17, 15) is 4.79 Å². The van der Waals surface area contributed by atoms with Gasteiger partial charge >= 0.3 is 5.97 Å². The monoisotopic (exact) mass is 158 g/mol. The van der Waals surface area contributed by atoms with Crippen molar-refractivity contribution < 1.29 is 14.3 Å². The smallest absolute Gasteiger partial charge is 0.337 e. The minimum atomic E-state index is -0.295. The van der Waals surface area contributed by atoms with Crippen molar-refractivity contribution in [1.29, 1.82) is 0 Å². The van der Waals surface area contributed by atoms with Gasteiger partial charge in [0.2, 0.25) is 0 Å². The van der Waals surface area contributed by atoms with Crippen molar-refractivity contribution in [3.05, 3.63) is 11.8 Å². The Kier molecular flexibility index (Phi) is 5.25. The van der Waals surface area contributed by atoms with Crippen LogP contribution >= 0.6 is 0 Å². The lowest BCUT2D eigenvalue weighted by Crippen LogP contribution is -2.07. The normalized spacial score (nSPS) is 11.0. The first kappa shape index (κ1) is 10.0. The number of carbonyl (C=O) groups excluding carboxylic acids is 1. The van der Waals surface area contributed by atoms with Gasteiger partial charge in [-0.3, -0.25) is 0 Å². The lowest BCUT2D eigenvalue weighted by atomic mass is 10.2. The molecule has 0 atom stereocenters. The molecule has 3 heteroatoms. The first-order valence-electron chi connectivity index (χ1n) is 3.65. The second kappa shape index (κ2) is 5.77. The van der Waals surface area contributed by atoms with E-state index in [0.717, 1.165) is 0 Å². The Morgan fingerprint density at radius 3 is 2.45 bits per heavy atom. The van der Waals surface area contributed by atoms with Crippen LogP contribution < -0.4 is 0 Å². The Bertz CT molecular complexity index is 149. The van der Waals surface area contributed by atoms with Crippen molar-refractivity contribution in [2.45, 2.75) is 20.3 Å². The van der Waals surface area contributed by atoms with Gasteiger partial charge in [-0.25, -0.2) is 4.79 Å². The first-order chi connectivity index (χ1) is 5.26. The van der Waals surface area contributed by atoms with E-state index in [1.165, 1.54) is 13.4 Å². The third-order valence-corrected chi connectivity index (χ3v) is 1.18. The van der Waals surface area contributed by atoms with Crippen LogP contribution in [0, 0.1) is 0 Å². The molecule has 11 heavy (non-hydrogen) atoms. The van der Waals surface area contributed by atoms with Gasteiger partial charge in [0.1, 0.15) is 0 Å². The maximum Gasteiger partial charge on any atom is 0.337 e. The average Bonchev–Trinajstić information content (AvgIpc) is 2.00. The van der Waals surface area contributed by atoms with Crippen LogP contribution in [0.15, 0.2) is 11.8 Å². The molecule has 0 rings (SSSR count). The molecule has 0 fully saturated rings. The highest BCUT2D eigenvalue weighted by Gasteiger charge is 2.07. The molecule has 0 aromatic carbocycles. The van der Waals surface area contributed by atoms with Crippen LogP contribution in [0.3, 0.4) is 0 Å².